The van der Waals surface area contributed by atoms with Gasteiger partial charge in [0.15, 0.2) is 0 Å². The van der Waals surface area contributed by atoms with Crippen LogP contribution in [0.1, 0.15) is 38.5 Å². The Labute approximate surface area is 196 Å². The molecule has 0 saturated heterocycles. The maximum atomic E-state index is 12.9. The summed E-state index contributed by atoms with van der Waals surface area (Å²) in [7, 11) is 1.64. The smallest absolute Gasteiger partial charge is 0.242 e. The summed E-state index contributed by atoms with van der Waals surface area (Å²) in [5.41, 5.74) is 1.84. The Morgan fingerprint density at radius 2 is 1.61 bits per heavy atom. The number of carbonyl (C=O) groups excluding carboxylic acids is 2. The highest BCUT2D eigenvalue weighted by Gasteiger charge is 2.25. The molecule has 4 N–H and O–H groups in total. The predicted octanol–water partition coefficient (Wildman–Crippen LogP) is 3.79. The van der Waals surface area contributed by atoms with E-state index < -0.39 is 6.04 Å². The van der Waals surface area contributed by atoms with E-state index in [1.807, 2.05) is 54.6 Å². The maximum Gasteiger partial charge on any atom is 0.242 e. The number of hydrogen-bond donors (Lipinski definition) is 4. The molecule has 1 saturated carbocycles. The average molecular weight is 453 g/mol. The normalized spacial score (nSPS) is 14.7. The minimum Gasteiger partial charge on any atom is -0.497 e. The standard InChI is InChI=1S/C26H36N4O3/c1-33-23-14-12-22(13-15-23)27-16-17-28-26(32)24(18-20-8-4-2-5-9-20)30-25(31)19-29-21-10-6-3-7-11-21/h3,6-7,10-15,20,24,27,29H,2,4-5,8-9,16-19H2,1H3,(H,28,32)(H,30,31)/t24-/m0/s1. The van der Waals surface area contributed by atoms with E-state index in [-0.39, 0.29) is 18.4 Å². The lowest BCUT2D eigenvalue weighted by Crippen LogP contribution is -2.50. The number of ether oxygens (including phenoxy) is 1. The van der Waals surface area contributed by atoms with Crippen molar-refractivity contribution in [2.75, 3.05) is 37.4 Å². The molecule has 0 heterocycles. The monoisotopic (exact) mass is 452 g/mol. The lowest BCUT2D eigenvalue weighted by molar-refractivity contribution is -0.128. The van der Waals surface area contributed by atoms with E-state index in [2.05, 4.69) is 21.3 Å². The summed E-state index contributed by atoms with van der Waals surface area (Å²) in [4.78, 5) is 25.5. The van der Waals surface area contributed by atoms with Crippen LogP contribution in [-0.4, -0.2) is 44.6 Å². The second kappa shape index (κ2) is 13.4. The molecule has 0 aromatic heterocycles. The van der Waals surface area contributed by atoms with Crippen molar-refractivity contribution in [3.05, 3.63) is 54.6 Å². The Morgan fingerprint density at radius 1 is 0.909 bits per heavy atom. The number of methoxy groups -OCH3 is 1. The van der Waals surface area contributed by atoms with Gasteiger partial charge in [0.05, 0.1) is 13.7 Å². The molecule has 1 fully saturated rings. The molecule has 178 valence electrons. The highest BCUT2D eigenvalue weighted by molar-refractivity contribution is 5.89. The number of carbonyl (C=O) groups is 2. The van der Waals surface area contributed by atoms with Gasteiger partial charge in [-0.05, 0) is 48.7 Å². The number of anilines is 2. The molecular formula is C26H36N4O3. The van der Waals surface area contributed by atoms with Gasteiger partial charge in [-0.2, -0.15) is 0 Å². The van der Waals surface area contributed by atoms with Crippen LogP contribution in [0.2, 0.25) is 0 Å². The first kappa shape index (κ1) is 24.4. The van der Waals surface area contributed by atoms with Gasteiger partial charge in [-0.3, -0.25) is 9.59 Å². The van der Waals surface area contributed by atoms with E-state index >= 15 is 0 Å². The van der Waals surface area contributed by atoms with Crippen LogP contribution in [0.25, 0.3) is 0 Å². The molecule has 33 heavy (non-hydrogen) atoms. The van der Waals surface area contributed by atoms with Gasteiger partial charge in [0.2, 0.25) is 11.8 Å². The fraction of sp³-hybridized carbons (Fsp3) is 0.462. The molecule has 0 spiro atoms. The number of rotatable bonds is 12. The van der Waals surface area contributed by atoms with Crippen molar-refractivity contribution in [2.45, 2.75) is 44.6 Å². The quantitative estimate of drug-likeness (QED) is 0.368. The van der Waals surface area contributed by atoms with Crippen LogP contribution in [0.3, 0.4) is 0 Å². The van der Waals surface area contributed by atoms with Crippen molar-refractivity contribution < 1.29 is 14.3 Å². The lowest BCUT2D eigenvalue weighted by Gasteiger charge is -2.26. The maximum absolute atomic E-state index is 12.9. The molecule has 7 heteroatoms. The predicted molar refractivity (Wildman–Crippen MR) is 133 cm³/mol. The Balaban J connectivity index is 1.47. The van der Waals surface area contributed by atoms with E-state index in [0.29, 0.717) is 25.4 Å². The third-order valence-corrected chi connectivity index (χ3v) is 6.02. The fourth-order valence-corrected chi connectivity index (χ4v) is 4.20. The molecule has 0 aliphatic heterocycles. The van der Waals surface area contributed by atoms with Crippen molar-refractivity contribution in [1.82, 2.24) is 10.6 Å². The van der Waals surface area contributed by atoms with Gasteiger partial charge in [-0.15, -0.1) is 0 Å². The number of nitrogens with one attached hydrogen (secondary N) is 4. The number of hydrogen-bond acceptors (Lipinski definition) is 5. The molecule has 1 aliphatic carbocycles. The van der Waals surface area contributed by atoms with Gasteiger partial charge in [0.25, 0.3) is 0 Å². The van der Waals surface area contributed by atoms with Gasteiger partial charge in [-0.25, -0.2) is 0 Å². The van der Waals surface area contributed by atoms with Crippen molar-refractivity contribution >= 4 is 23.2 Å². The molecule has 2 aromatic carbocycles. The molecule has 0 bridgehead atoms. The van der Waals surface area contributed by atoms with Crippen LogP contribution >= 0.6 is 0 Å². The third-order valence-electron chi connectivity index (χ3n) is 6.02. The summed E-state index contributed by atoms with van der Waals surface area (Å²) in [5, 5.41) is 12.3. The Kier molecular flexibility index (Phi) is 9.88. The molecule has 3 rings (SSSR count). The highest BCUT2D eigenvalue weighted by atomic mass is 16.5. The molecule has 2 amide bonds. The summed E-state index contributed by atoms with van der Waals surface area (Å²) >= 11 is 0. The van der Waals surface area contributed by atoms with E-state index in [1.165, 1.54) is 19.3 Å². The van der Waals surface area contributed by atoms with Crippen molar-refractivity contribution in [3.8, 4) is 5.75 Å². The van der Waals surface area contributed by atoms with Crippen LogP contribution in [-0.2, 0) is 9.59 Å². The van der Waals surface area contributed by atoms with Crippen LogP contribution in [0.15, 0.2) is 54.6 Å². The van der Waals surface area contributed by atoms with Crippen molar-refractivity contribution in [2.24, 2.45) is 5.92 Å². The van der Waals surface area contributed by atoms with Gasteiger partial charge < -0.3 is 26.0 Å². The van der Waals surface area contributed by atoms with E-state index in [0.717, 1.165) is 30.0 Å². The topological polar surface area (TPSA) is 91.5 Å². The first-order valence-corrected chi connectivity index (χ1v) is 11.9. The Hall–Kier alpha value is -3.22. The van der Waals surface area contributed by atoms with Gasteiger partial charge in [0, 0.05) is 24.5 Å². The zero-order valence-corrected chi connectivity index (χ0v) is 19.4. The second-order valence-corrected chi connectivity index (χ2v) is 8.53. The lowest BCUT2D eigenvalue weighted by atomic mass is 9.84. The minimum atomic E-state index is -0.515. The molecule has 1 atom stereocenters. The van der Waals surface area contributed by atoms with Crippen molar-refractivity contribution in [1.29, 1.82) is 0 Å². The van der Waals surface area contributed by atoms with Gasteiger partial charge in [0.1, 0.15) is 11.8 Å². The molecule has 0 radical (unpaired) electrons. The first-order valence-electron chi connectivity index (χ1n) is 11.9. The zero-order chi connectivity index (χ0) is 23.3. The van der Waals surface area contributed by atoms with E-state index in [9.17, 15) is 9.59 Å². The summed E-state index contributed by atoms with van der Waals surface area (Å²) < 4.78 is 5.17. The van der Waals surface area contributed by atoms with E-state index in [1.54, 1.807) is 7.11 Å². The molecule has 1 aliphatic rings. The Bertz CT molecular complexity index is 852. The molecule has 2 aromatic rings. The summed E-state index contributed by atoms with van der Waals surface area (Å²) in [5.74, 6) is 0.988. The van der Waals surface area contributed by atoms with Crippen LogP contribution in [0.5, 0.6) is 5.75 Å². The number of benzene rings is 2. The summed E-state index contributed by atoms with van der Waals surface area (Å²) in [6.45, 7) is 1.21. The first-order chi connectivity index (χ1) is 16.1. The molecule has 0 unspecified atom stereocenters. The summed E-state index contributed by atoms with van der Waals surface area (Å²) in [6.07, 6.45) is 6.61. The van der Waals surface area contributed by atoms with Crippen molar-refractivity contribution in [3.63, 3.8) is 0 Å². The fourth-order valence-electron chi connectivity index (χ4n) is 4.20. The van der Waals surface area contributed by atoms with E-state index in [4.69, 9.17) is 4.74 Å². The van der Waals surface area contributed by atoms with Gasteiger partial charge >= 0.3 is 0 Å². The van der Waals surface area contributed by atoms with Gasteiger partial charge in [-0.1, -0.05) is 50.3 Å². The molecular weight excluding hydrogens is 416 g/mol. The van der Waals surface area contributed by atoms with Crippen LogP contribution in [0, 0.1) is 5.92 Å². The average Bonchev–Trinajstić information content (AvgIpc) is 2.86. The summed E-state index contributed by atoms with van der Waals surface area (Å²) in [6, 6.07) is 16.7. The Morgan fingerprint density at radius 3 is 2.30 bits per heavy atom. The highest BCUT2D eigenvalue weighted by Crippen LogP contribution is 2.27. The second-order valence-electron chi connectivity index (χ2n) is 8.53. The van der Waals surface area contributed by atoms with Crippen LogP contribution < -0.4 is 26.0 Å². The minimum absolute atomic E-state index is 0.120. The number of para-hydroxylation sites is 1. The number of amides is 2. The van der Waals surface area contributed by atoms with Crippen LogP contribution in [0.4, 0.5) is 11.4 Å². The third kappa shape index (κ3) is 8.67. The largest absolute Gasteiger partial charge is 0.497 e. The molecule has 7 nitrogen and oxygen atoms in total. The SMILES string of the molecule is COc1ccc(NCCNC(=O)[C@H](CC2CCCCC2)NC(=O)CNc2ccccc2)cc1. The zero-order valence-electron chi connectivity index (χ0n) is 19.4.